The quantitative estimate of drug-likeness (QED) is 0.866. The highest BCUT2D eigenvalue weighted by Gasteiger charge is 2.21. The van der Waals surface area contributed by atoms with Gasteiger partial charge in [-0.3, -0.25) is 0 Å². The van der Waals surface area contributed by atoms with Crippen LogP contribution in [0.1, 0.15) is 39.3 Å². The summed E-state index contributed by atoms with van der Waals surface area (Å²) < 4.78 is 5.19. The molecule has 0 spiro atoms. The van der Waals surface area contributed by atoms with E-state index in [1.807, 2.05) is 58.0 Å². The van der Waals surface area contributed by atoms with Crippen molar-refractivity contribution in [2.45, 2.75) is 45.4 Å². The number of hydrogen-bond donors (Lipinski definition) is 2. The van der Waals surface area contributed by atoms with Crippen molar-refractivity contribution in [1.29, 1.82) is 0 Å². The number of ether oxygens (including phenoxy) is 1. The van der Waals surface area contributed by atoms with E-state index < -0.39 is 11.7 Å². The Morgan fingerprint density at radius 2 is 1.83 bits per heavy atom. The summed E-state index contributed by atoms with van der Waals surface area (Å²) in [5, 5.41) is 2.75. The average molecular weight is 250 g/mol. The number of nitrogens with one attached hydrogen (secondary N) is 1. The third kappa shape index (κ3) is 4.75. The van der Waals surface area contributed by atoms with Crippen LogP contribution >= 0.6 is 0 Å². The molecule has 0 unspecified atom stereocenters. The molecule has 1 amide bonds. The molecule has 3 N–H and O–H groups in total. The van der Waals surface area contributed by atoms with E-state index in [1.165, 1.54) is 0 Å². The van der Waals surface area contributed by atoms with Gasteiger partial charge in [0.1, 0.15) is 5.60 Å². The molecule has 1 rings (SSSR count). The Bertz CT molecular complexity index is 385. The first-order valence-electron chi connectivity index (χ1n) is 6.09. The van der Waals surface area contributed by atoms with Crippen molar-refractivity contribution < 1.29 is 9.53 Å². The molecule has 0 saturated carbocycles. The Morgan fingerprint density at radius 3 is 2.33 bits per heavy atom. The van der Waals surface area contributed by atoms with Gasteiger partial charge in [0, 0.05) is 12.1 Å². The first-order chi connectivity index (χ1) is 8.29. The van der Waals surface area contributed by atoms with Gasteiger partial charge in [-0.2, -0.15) is 0 Å². The molecule has 4 heteroatoms. The molecule has 0 bridgehead atoms. The lowest BCUT2D eigenvalue weighted by atomic mass is 10.0. The fraction of sp³-hybridized carbons (Fsp3) is 0.500. The van der Waals surface area contributed by atoms with Crippen LogP contribution in [0.3, 0.4) is 0 Å². The topological polar surface area (TPSA) is 64.3 Å². The molecule has 0 saturated heterocycles. The predicted octanol–water partition coefficient (Wildman–Crippen LogP) is 2.60. The zero-order valence-corrected chi connectivity index (χ0v) is 11.4. The molecule has 0 radical (unpaired) electrons. The molecule has 0 aliphatic heterocycles. The van der Waals surface area contributed by atoms with Crippen LogP contribution in [0.25, 0.3) is 0 Å². The van der Waals surface area contributed by atoms with Crippen LogP contribution in [0.2, 0.25) is 0 Å². The standard InChI is InChI=1S/C14H22N2O2/c1-10(16-13(17)18-14(2,3)4)12(15)11-8-6-5-7-9-11/h5-10,12H,15H2,1-4H3,(H,16,17)/t10-,12+/m0/s1. The van der Waals surface area contributed by atoms with Crippen molar-refractivity contribution in [3.05, 3.63) is 35.9 Å². The summed E-state index contributed by atoms with van der Waals surface area (Å²) >= 11 is 0. The van der Waals surface area contributed by atoms with Gasteiger partial charge in [0.15, 0.2) is 0 Å². The largest absolute Gasteiger partial charge is 0.444 e. The molecule has 0 fully saturated rings. The highest BCUT2D eigenvalue weighted by Crippen LogP contribution is 2.14. The molecule has 0 aromatic heterocycles. The van der Waals surface area contributed by atoms with E-state index >= 15 is 0 Å². The first kappa shape index (κ1) is 14.5. The van der Waals surface area contributed by atoms with Gasteiger partial charge < -0.3 is 15.8 Å². The van der Waals surface area contributed by atoms with Crippen molar-refractivity contribution in [3.63, 3.8) is 0 Å². The Labute approximate surface area is 109 Å². The number of rotatable bonds is 3. The Morgan fingerprint density at radius 1 is 1.28 bits per heavy atom. The highest BCUT2D eigenvalue weighted by atomic mass is 16.6. The number of benzene rings is 1. The smallest absolute Gasteiger partial charge is 0.407 e. The second-order valence-electron chi connectivity index (χ2n) is 5.37. The van der Waals surface area contributed by atoms with Gasteiger partial charge in [-0.25, -0.2) is 4.79 Å². The summed E-state index contributed by atoms with van der Waals surface area (Å²) in [6, 6.07) is 9.23. The minimum absolute atomic E-state index is 0.192. The van der Waals surface area contributed by atoms with Gasteiger partial charge in [0.05, 0.1) is 0 Å². The highest BCUT2D eigenvalue weighted by molar-refractivity contribution is 5.68. The summed E-state index contributed by atoms with van der Waals surface area (Å²) in [5.74, 6) is 0. The lowest BCUT2D eigenvalue weighted by Gasteiger charge is -2.25. The van der Waals surface area contributed by atoms with Crippen LogP contribution in [0.15, 0.2) is 30.3 Å². The van der Waals surface area contributed by atoms with E-state index in [4.69, 9.17) is 10.5 Å². The molecule has 0 heterocycles. The minimum Gasteiger partial charge on any atom is -0.444 e. The van der Waals surface area contributed by atoms with Crippen LogP contribution in [-0.4, -0.2) is 17.7 Å². The van der Waals surface area contributed by atoms with Crippen molar-refractivity contribution in [3.8, 4) is 0 Å². The van der Waals surface area contributed by atoms with Gasteiger partial charge in [0.25, 0.3) is 0 Å². The van der Waals surface area contributed by atoms with Gasteiger partial charge in [-0.1, -0.05) is 30.3 Å². The monoisotopic (exact) mass is 250 g/mol. The predicted molar refractivity (Wildman–Crippen MR) is 72.2 cm³/mol. The molecular formula is C14H22N2O2. The zero-order chi connectivity index (χ0) is 13.8. The summed E-state index contributed by atoms with van der Waals surface area (Å²) in [6.07, 6.45) is -0.443. The van der Waals surface area contributed by atoms with Crippen molar-refractivity contribution in [2.24, 2.45) is 5.73 Å². The lowest BCUT2D eigenvalue weighted by molar-refractivity contribution is 0.0501. The van der Waals surface area contributed by atoms with Crippen molar-refractivity contribution >= 4 is 6.09 Å². The Balaban J connectivity index is 2.55. The van der Waals surface area contributed by atoms with Gasteiger partial charge in [0.2, 0.25) is 0 Å². The zero-order valence-electron chi connectivity index (χ0n) is 11.4. The third-order valence-corrected chi connectivity index (χ3v) is 2.47. The SMILES string of the molecule is C[C@H](NC(=O)OC(C)(C)C)[C@@H](N)c1ccccc1. The Kier molecular flexibility index (Phi) is 4.73. The average Bonchev–Trinajstić information content (AvgIpc) is 2.26. The van der Waals surface area contributed by atoms with Crippen LogP contribution in [0.4, 0.5) is 4.79 Å². The van der Waals surface area contributed by atoms with Crippen molar-refractivity contribution in [2.75, 3.05) is 0 Å². The number of hydrogen-bond acceptors (Lipinski definition) is 3. The molecule has 18 heavy (non-hydrogen) atoms. The molecule has 1 aromatic carbocycles. The molecule has 1 aromatic rings. The second-order valence-corrected chi connectivity index (χ2v) is 5.37. The van der Waals surface area contributed by atoms with Crippen LogP contribution in [0.5, 0.6) is 0 Å². The van der Waals surface area contributed by atoms with E-state index in [-0.39, 0.29) is 12.1 Å². The number of alkyl carbamates (subject to hydrolysis) is 1. The fourth-order valence-electron chi connectivity index (χ4n) is 1.55. The first-order valence-corrected chi connectivity index (χ1v) is 6.09. The normalized spacial score (nSPS) is 14.7. The number of carbonyl (C=O) groups is 1. The molecule has 0 aliphatic rings. The van der Waals surface area contributed by atoms with Crippen LogP contribution in [0, 0.1) is 0 Å². The molecule has 100 valence electrons. The third-order valence-electron chi connectivity index (χ3n) is 2.47. The Hall–Kier alpha value is -1.55. The molecule has 2 atom stereocenters. The maximum Gasteiger partial charge on any atom is 0.407 e. The van der Waals surface area contributed by atoms with Crippen molar-refractivity contribution in [1.82, 2.24) is 5.32 Å². The van der Waals surface area contributed by atoms with Gasteiger partial charge in [-0.05, 0) is 33.3 Å². The maximum absolute atomic E-state index is 11.6. The molecule has 4 nitrogen and oxygen atoms in total. The van der Waals surface area contributed by atoms with E-state index in [2.05, 4.69) is 5.32 Å². The van der Waals surface area contributed by atoms with Gasteiger partial charge >= 0.3 is 6.09 Å². The summed E-state index contributed by atoms with van der Waals surface area (Å²) in [5.41, 5.74) is 6.57. The van der Waals surface area contributed by atoms with Crippen LogP contribution < -0.4 is 11.1 Å². The minimum atomic E-state index is -0.499. The van der Waals surface area contributed by atoms with E-state index in [1.54, 1.807) is 0 Å². The second kappa shape index (κ2) is 5.87. The number of amides is 1. The van der Waals surface area contributed by atoms with E-state index in [9.17, 15) is 4.79 Å². The summed E-state index contributed by atoms with van der Waals surface area (Å²) in [4.78, 5) is 11.6. The fourth-order valence-corrected chi connectivity index (χ4v) is 1.55. The van der Waals surface area contributed by atoms with E-state index in [0.29, 0.717) is 0 Å². The van der Waals surface area contributed by atoms with Crippen LogP contribution in [-0.2, 0) is 4.74 Å². The molecule has 0 aliphatic carbocycles. The van der Waals surface area contributed by atoms with E-state index in [0.717, 1.165) is 5.56 Å². The maximum atomic E-state index is 11.6. The van der Waals surface area contributed by atoms with Gasteiger partial charge in [-0.15, -0.1) is 0 Å². The number of nitrogens with two attached hydrogens (primary N) is 1. The lowest BCUT2D eigenvalue weighted by Crippen LogP contribution is -2.42. The summed E-state index contributed by atoms with van der Waals surface area (Å²) in [6.45, 7) is 7.35. The number of carbonyl (C=O) groups excluding carboxylic acids is 1. The summed E-state index contributed by atoms with van der Waals surface area (Å²) in [7, 11) is 0. The molecular weight excluding hydrogens is 228 g/mol.